The van der Waals surface area contributed by atoms with E-state index in [9.17, 15) is 14.7 Å². The summed E-state index contributed by atoms with van der Waals surface area (Å²) in [6, 6.07) is 11.6. The lowest BCUT2D eigenvalue weighted by molar-refractivity contribution is -0.124. The molecule has 0 unspecified atom stereocenters. The summed E-state index contributed by atoms with van der Waals surface area (Å²) in [5, 5.41) is 13.0. The summed E-state index contributed by atoms with van der Waals surface area (Å²) in [5.41, 5.74) is 0.804. The van der Waals surface area contributed by atoms with Crippen LogP contribution in [0.5, 0.6) is 5.75 Å². The number of aliphatic hydroxyl groups excluding tert-OH is 1. The smallest absolute Gasteiger partial charge is 0.258 e. The summed E-state index contributed by atoms with van der Waals surface area (Å²) < 4.78 is 11.3. The van der Waals surface area contributed by atoms with E-state index < -0.39 is 0 Å². The van der Waals surface area contributed by atoms with Gasteiger partial charge in [0, 0.05) is 6.07 Å². The first-order chi connectivity index (χ1) is 12.5. The Morgan fingerprint density at radius 2 is 1.88 bits per heavy atom. The van der Waals surface area contributed by atoms with Crippen molar-refractivity contribution in [3.05, 3.63) is 52.7 Å². The normalized spacial score (nSPS) is 12.5. The second-order valence-electron chi connectivity index (χ2n) is 6.47. The van der Waals surface area contributed by atoms with E-state index in [0.29, 0.717) is 27.7 Å². The van der Waals surface area contributed by atoms with Gasteiger partial charge in [-0.3, -0.25) is 9.59 Å². The Morgan fingerprint density at radius 1 is 1.15 bits per heavy atom. The minimum absolute atomic E-state index is 0.103. The fourth-order valence-electron chi connectivity index (χ4n) is 2.69. The van der Waals surface area contributed by atoms with Crippen molar-refractivity contribution in [1.29, 1.82) is 0 Å². The molecule has 1 atom stereocenters. The molecule has 0 radical (unpaired) electrons. The second kappa shape index (κ2) is 7.58. The summed E-state index contributed by atoms with van der Waals surface area (Å²) in [4.78, 5) is 24.5. The lowest BCUT2D eigenvalue weighted by Gasteiger charge is -2.19. The van der Waals surface area contributed by atoms with Gasteiger partial charge in [-0.15, -0.1) is 0 Å². The number of carbonyl (C=O) groups excluding carboxylic acids is 1. The maximum Gasteiger partial charge on any atom is 0.258 e. The van der Waals surface area contributed by atoms with E-state index in [-0.39, 0.29) is 36.5 Å². The van der Waals surface area contributed by atoms with Crippen LogP contribution in [-0.4, -0.2) is 30.3 Å². The SMILES string of the molecule is CC(C)[C@@H](CO)NC(=O)COc1ccc2c(=O)c3ccccc3oc2c1. The van der Waals surface area contributed by atoms with Crippen molar-refractivity contribution in [2.45, 2.75) is 19.9 Å². The van der Waals surface area contributed by atoms with Gasteiger partial charge in [0.05, 0.1) is 23.4 Å². The van der Waals surface area contributed by atoms with Crippen LogP contribution in [0.1, 0.15) is 13.8 Å². The molecule has 1 amide bonds. The highest BCUT2D eigenvalue weighted by atomic mass is 16.5. The van der Waals surface area contributed by atoms with E-state index in [1.807, 2.05) is 13.8 Å². The van der Waals surface area contributed by atoms with Gasteiger partial charge < -0.3 is 19.6 Å². The molecular weight excluding hydrogens is 334 g/mol. The number of ether oxygens (including phenoxy) is 1. The topological polar surface area (TPSA) is 88.8 Å². The quantitative estimate of drug-likeness (QED) is 0.663. The molecule has 0 fully saturated rings. The molecule has 26 heavy (non-hydrogen) atoms. The summed E-state index contributed by atoms with van der Waals surface area (Å²) in [6.45, 7) is 3.51. The van der Waals surface area contributed by atoms with Gasteiger partial charge in [0.15, 0.2) is 6.61 Å². The molecule has 0 saturated heterocycles. The fraction of sp³-hybridized carbons (Fsp3) is 0.300. The number of hydrogen-bond acceptors (Lipinski definition) is 5. The Kier molecular flexibility index (Phi) is 5.23. The van der Waals surface area contributed by atoms with Crippen molar-refractivity contribution in [3.8, 4) is 5.75 Å². The maximum absolute atomic E-state index is 12.5. The molecule has 3 aromatic rings. The number of para-hydroxylation sites is 1. The summed E-state index contributed by atoms with van der Waals surface area (Å²) in [5.74, 6) is 0.223. The predicted molar refractivity (Wildman–Crippen MR) is 99.3 cm³/mol. The van der Waals surface area contributed by atoms with E-state index in [1.54, 1.807) is 42.5 Å². The van der Waals surface area contributed by atoms with Gasteiger partial charge in [0.25, 0.3) is 5.91 Å². The molecule has 0 aliphatic heterocycles. The predicted octanol–water partition coefficient (Wildman–Crippen LogP) is 2.46. The van der Waals surface area contributed by atoms with Crippen molar-refractivity contribution in [2.24, 2.45) is 5.92 Å². The Morgan fingerprint density at radius 3 is 2.62 bits per heavy atom. The third-order valence-corrected chi connectivity index (χ3v) is 4.27. The van der Waals surface area contributed by atoms with Gasteiger partial charge in [0.2, 0.25) is 5.43 Å². The highest BCUT2D eigenvalue weighted by Gasteiger charge is 2.15. The standard InChI is InChI=1S/C20H21NO5/c1-12(2)16(10-22)21-19(23)11-25-13-7-8-15-18(9-13)26-17-6-4-3-5-14(17)20(15)24/h3-9,12,16,22H,10-11H2,1-2H3,(H,21,23)/t16-/m1/s1. The third-order valence-electron chi connectivity index (χ3n) is 4.27. The summed E-state index contributed by atoms with van der Waals surface area (Å²) >= 11 is 0. The van der Waals surface area contributed by atoms with Gasteiger partial charge in [-0.1, -0.05) is 26.0 Å². The molecule has 6 nitrogen and oxygen atoms in total. The highest BCUT2D eigenvalue weighted by molar-refractivity contribution is 5.90. The van der Waals surface area contributed by atoms with Crippen LogP contribution in [-0.2, 0) is 4.79 Å². The lowest BCUT2D eigenvalue weighted by atomic mass is 10.1. The van der Waals surface area contributed by atoms with Crippen LogP contribution in [0, 0.1) is 5.92 Å². The molecule has 3 rings (SSSR count). The zero-order valence-corrected chi connectivity index (χ0v) is 14.7. The van der Waals surface area contributed by atoms with E-state index in [2.05, 4.69) is 5.32 Å². The van der Waals surface area contributed by atoms with Crippen LogP contribution >= 0.6 is 0 Å². The van der Waals surface area contributed by atoms with Crippen LogP contribution in [0.2, 0.25) is 0 Å². The van der Waals surface area contributed by atoms with E-state index >= 15 is 0 Å². The monoisotopic (exact) mass is 355 g/mol. The van der Waals surface area contributed by atoms with Crippen molar-refractivity contribution >= 4 is 27.8 Å². The Bertz CT molecular complexity index is 992. The lowest BCUT2D eigenvalue weighted by Crippen LogP contribution is -2.43. The number of amides is 1. The number of nitrogens with one attached hydrogen (secondary N) is 1. The van der Waals surface area contributed by atoms with Crippen molar-refractivity contribution in [3.63, 3.8) is 0 Å². The molecule has 6 heteroatoms. The van der Waals surface area contributed by atoms with Gasteiger partial charge in [-0.2, -0.15) is 0 Å². The molecular formula is C20H21NO5. The van der Waals surface area contributed by atoms with Gasteiger partial charge in [0.1, 0.15) is 16.9 Å². The fourth-order valence-corrected chi connectivity index (χ4v) is 2.69. The molecule has 1 aromatic heterocycles. The average Bonchev–Trinajstić information content (AvgIpc) is 2.64. The first kappa shape index (κ1) is 17.9. The Labute approximate surface area is 150 Å². The number of aliphatic hydroxyl groups is 1. The number of rotatable bonds is 6. The average molecular weight is 355 g/mol. The summed E-state index contributed by atoms with van der Waals surface area (Å²) in [7, 11) is 0. The molecule has 0 saturated carbocycles. The minimum Gasteiger partial charge on any atom is -0.484 e. The molecule has 0 spiro atoms. The zero-order valence-electron chi connectivity index (χ0n) is 14.7. The highest BCUT2D eigenvalue weighted by Crippen LogP contribution is 2.22. The van der Waals surface area contributed by atoms with Gasteiger partial charge in [-0.25, -0.2) is 0 Å². The molecule has 0 bridgehead atoms. The van der Waals surface area contributed by atoms with E-state index in [0.717, 1.165) is 0 Å². The number of carbonyl (C=O) groups is 1. The number of hydrogen-bond donors (Lipinski definition) is 2. The van der Waals surface area contributed by atoms with Crippen LogP contribution < -0.4 is 15.5 Å². The van der Waals surface area contributed by atoms with Crippen molar-refractivity contribution in [1.82, 2.24) is 5.32 Å². The van der Waals surface area contributed by atoms with Crippen LogP contribution in [0.15, 0.2) is 51.7 Å². The third kappa shape index (κ3) is 3.70. The van der Waals surface area contributed by atoms with E-state index in [4.69, 9.17) is 9.15 Å². The first-order valence-corrected chi connectivity index (χ1v) is 8.48. The molecule has 1 heterocycles. The van der Waals surface area contributed by atoms with Crippen molar-refractivity contribution in [2.75, 3.05) is 13.2 Å². The maximum atomic E-state index is 12.5. The number of benzene rings is 2. The zero-order chi connectivity index (χ0) is 18.7. The molecule has 0 aliphatic rings. The van der Waals surface area contributed by atoms with Crippen molar-refractivity contribution < 1.29 is 19.1 Å². The number of fused-ring (bicyclic) bond motifs is 2. The molecule has 136 valence electrons. The van der Waals surface area contributed by atoms with Gasteiger partial charge >= 0.3 is 0 Å². The minimum atomic E-state index is -0.321. The van der Waals surface area contributed by atoms with Crippen LogP contribution in [0.25, 0.3) is 21.9 Å². The first-order valence-electron chi connectivity index (χ1n) is 8.48. The Hall–Kier alpha value is -2.86. The van der Waals surface area contributed by atoms with Gasteiger partial charge in [-0.05, 0) is 30.2 Å². The largest absolute Gasteiger partial charge is 0.484 e. The molecule has 2 aromatic carbocycles. The molecule has 2 N–H and O–H groups in total. The molecule has 0 aliphatic carbocycles. The summed E-state index contributed by atoms with van der Waals surface area (Å²) in [6.07, 6.45) is 0. The second-order valence-corrected chi connectivity index (χ2v) is 6.47. The van der Waals surface area contributed by atoms with E-state index in [1.165, 1.54) is 0 Å². The Balaban J connectivity index is 1.78. The van der Waals surface area contributed by atoms with Crippen LogP contribution in [0.3, 0.4) is 0 Å². The van der Waals surface area contributed by atoms with Crippen LogP contribution in [0.4, 0.5) is 0 Å².